The Morgan fingerprint density at radius 2 is 1.77 bits per heavy atom. The molecule has 2 N–H and O–H groups in total. The molecule has 0 aliphatic carbocycles. The molecular formula is C23H22F3N5O4. The van der Waals surface area contributed by atoms with Crippen molar-refractivity contribution in [2.45, 2.75) is 19.5 Å². The van der Waals surface area contributed by atoms with Gasteiger partial charge in [0, 0.05) is 12.7 Å². The van der Waals surface area contributed by atoms with Crippen LogP contribution in [0.5, 0.6) is 0 Å². The summed E-state index contributed by atoms with van der Waals surface area (Å²) in [5, 5.41) is 5.64. The molecule has 1 aromatic heterocycles. The second kappa shape index (κ2) is 10.3. The summed E-state index contributed by atoms with van der Waals surface area (Å²) in [5.41, 5.74) is 5.40. The van der Waals surface area contributed by atoms with E-state index in [1.165, 1.54) is 30.1 Å². The Hall–Kier alpha value is -4.35. The number of nitrogens with zero attached hydrogens (tertiary/aromatic N) is 4. The monoisotopic (exact) mass is 489 g/mol. The Morgan fingerprint density at radius 3 is 2.40 bits per heavy atom. The second-order valence-corrected chi connectivity index (χ2v) is 7.28. The van der Waals surface area contributed by atoms with E-state index in [4.69, 9.17) is 10.5 Å². The summed E-state index contributed by atoms with van der Waals surface area (Å²) in [6.07, 6.45) is -4.13. The van der Waals surface area contributed by atoms with Gasteiger partial charge in [-0.15, -0.1) is 0 Å². The molecule has 35 heavy (non-hydrogen) atoms. The Bertz CT molecular complexity index is 1220. The van der Waals surface area contributed by atoms with E-state index >= 15 is 0 Å². The van der Waals surface area contributed by atoms with Crippen molar-refractivity contribution in [1.29, 1.82) is 0 Å². The number of amides is 2. The number of hydrogen-bond donors (Lipinski definition) is 1. The van der Waals surface area contributed by atoms with Crippen LogP contribution >= 0.6 is 0 Å². The SMILES string of the molecule is CCOC(=O)CC(=O)N(c1cccc(C(F)(F)F)c1)N(C)C(=O)c1ccnn1-c1ccc(N)cc1. The van der Waals surface area contributed by atoms with E-state index in [0.29, 0.717) is 22.5 Å². The number of aromatic nitrogens is 2. The highest BCUT2D eigenvalue weighted by Gasteiger charge is 2.34. The summed E-state index contributed by atoms with van der Waals surface area (Å²) < 4.78 is 46.0. The molecule has 0 atom stereocenters. The Labute approximate surface area is 198 Å². The number of ether oxygens (including phenoxy) is 1. The predicted molar refractivity (Wildman–Crippen MR) is 120 cm³/mol. The van der Waals surface area contributed by atoms with Gasteiger partial charge in [-0.25, -0.2) is 14.7 Å². The smallest absolute Gasteiger partial charge is 0.416 e. The van der Waals surface area contributed by atoms with Crippen molar-refractivity contribution in [3.05, 3.63) is 72.1 Å². The molecule has 0 saturated heterocycles. The van der Waals surface area contributed by atoms with Crippen LogP contribution in [-0.4, -0.2) is 46.2 Å². The van der Waals surface area contributed by atoms with Crippen LogP contribution in [-0.2, 0) is 20.5 Å². The molecule has 1 heterocycles. The van der Waals surface area contributed by atoms with E-state index in [0.717, 1.165) is 17.1 Å². The second-order valence-electron chi connectivity index (χ2n) is 7.28. The zero-order valence-electron chi connectivity index (χ0n) is 18.8. The quantitative estimate of drug-likeness (QED) is 0.246. The van der Waals surface area contributed by atoms with Gasteiger partial charge < -0.3 is 10.5 Å². The zero-order chi connectivity index (χ0) is 25.8. The maximum Gasteiger partial charge on any atom is 0.416 e. The summed E-state index contributed by atoms with van der Waals surface area (Å²) in [7, 11) is 1.20. The first-order valence-corrected chi connectivity index (χ1v) is 10.4. The molecule has 0 spiro atoms. The third-order valence-corrected chi connectivity index (χ3v) is 4.85. The Morgan fingerprint density at radius 1 is 1.09 bits per heavy atom. The van der Waals surface area contributed by atoms with Gasteiger partial charge in [0.1, 0.15) is 12.1 Å². The third-order valence-electron chi connectivity index (χ3n) is 4.85. The summed E-state index contributed by atoms with van der Waals surface area (Å²) >= 11 is 0. The minimum absolute atomic E-state index is 0.00518. The van der Waals surface area contributed by atoms with Crippen molar-refractivity contribution >= 4 is 29.2 Å². The molecule has 0 aliphatic heterocycles. The normalized spacial score (nSPS) is 11.1. The van der Waals surface area contributed by atoms with Crippen LogP contribution in [0.3, 0.4) is 0 Å². The molecule has 0 saturated carbocycles. The number of hydrogen-bond acceptors (Lipinski definition) is 6. The average Bonchev–Trinajstić information content (AvgIpc) is 3.29. The molecule has 12 heteroatoms. The van der Waals surface area contributed by atoms with Crippen LogP contribution in [0, 0.1) is 0 Å². The molecule has 0 unspecified atom stereocenters. The van der Waals surface area contributed by atoms with Crippen LogP contribution in [0.25, 0.3) is 5.69 Å². The van der Waals surface area contributed by atoms with Gasteiger partial charge in [0.2, 0.25) is 0 Å². The van der Waals surface area contributed by atoms with Crippen molar-refractivity contribution in [1.82, 2.24) is 14.8 Å². The average molecular weight is 489 g/mol. The number of nitrogen functional groups attached to an aromatic ring is 1. The highest BCUT2D eigenvalue weighted by molar-refractivity contribution is 6.06. The summed E-state index contributed by atoms with van der Waals surface area (Å²) in [5.74, 6) is -2.62. The molecule has 9 nitrogen and oxygen atoms in total. The molecule has 0 fully saturated rings. The largest absolute Gasteiger partial charge is 0.466 e. The number of benzene rings is 2. The number of hydrazine groups is 1. The van der Waals surface area contributed by atoms with Gasteiger partial charge in [0.05, 0.1) is 29.7 Å². The highest BCUT2D eigenvalue weighted by atomic mass is 19.4. The van der Waals surface area contributed by atoms with Crippen LogP contribution in [0.2, 0.25) is 0 Å². The summed E-state index contributed by atoms with van der Waals surface area (Å²) in [4.78, 5) is 38.3. The van der Waals surface area contributed by atoms with E-state index in [1.54, 1.807) is 31.2 Å². The summed E-state index contributed by atoms with van der Waals surface area (Å²) in [6, 6.07) is 11.7. The number of halogens is 3. The van der Waals surface area contributed by atoms with E-state index in [2.05, 4.69) is 5.10 Å². The molecule has 2 amide bonds. The third kappa shape index (κ3) is 5.78. The summed E-state index contributed by atoms with van der Waals surface area (Å²) in [6.45, 7) is 1.55. The van der Waals surface area contributed by atoms with E-state index in [9.17, 15) is 27.6 Å². The first-order chi connectivity index (χ1) is 16.5. The molecule has 3 rings (SSSR count). The molecule has 0 radical (unpaired) electrons. The van der Waals surface area contributed by atoms with Gasteiger partial charge in [0.15, 0.2) is 0 Å². The van der Waals surface area contributed by atoms with Gasteiger partial charge in [-0.3, -0.25) is 14.4 Å². The number of alkyl halides is 3. The lowest BCUT2D eigenvalue weighted by Gasteiger charge is -2.32. The van der Waals surface area contributed by atoms with E-state index in [1.807, 2.05) is 0 Å². The lowest BCUT2D eigenvalue weighted by Crippen LogP contribution is -2.49. The van der Waals surface area contributed by atoms with Gasteiger partial charge >= 0.3 is 12.1 Å². The van der Waals surface area contributed by atoms with E-state index < -0.39 is 35.9 Å². The van der Waals surface area contributed by atoms with Gasteiger partial charge in [0.25, 0.3) is 11.8 Å². The lowest BCUT2D eigenvalue weighted by molar-refractivity contribution is -0.146. The van der Waals surface area contributed by atoms with Crippen LogP contribution in [0.4, 0.5) is 24.5 Å². The van der Waals surface area contributed by atoms with Gasteiger partial charge in [-0.1, -0.05) is 6.07 Å². The topological polar surface area (TPSA) is 111 Å². The number of esters is 1. The highest BCUT2D eigenvalue weighted by Crippen LogP contribution is 2.32. The van der Waals surface area contributed by atoms with Crippen LogP contribution < -0.4 is 10.7 Å². The molecule has 2 aromatic carbocycles. The van der Waals surface area contributed by atoms with Crippen molar-refractivity contribution in [2.24, 2.45) is 0 Å². The first-order valence-electron chi connectivity index (χ1n) is 10.4. The Kier molecular flexibility index (Phi) is 7.43. The minimum Gasteiger partial charge on any atom is -0.466 e. The first kappa shape index (κ1) is 25.3. The minimum atomic E-state index is -4.69. The van der Waals surface area contributed by atoms with Crippen LogP contribution in [0.1, 0.15) is 29.4 Å². The number of nitrogens with two attached hydrogens (primary N) is 1. The standard InChI is InChI=1S/C23H22F3N5O4/c1-3-35-21(33)14-20(32)31(18-6-4-5-15(13-18)23(24,25)26)29(2)22(34)19-11-12-28-30(19)17-9-7-16(27)8-10-17/h4-13H,3,14,27H2,1-2H3. The van der Waals surface area contributed by atoms with Gasteiger partial charge in [-0.2, -0.15) is 18.3 Å². The molecule has 0 aliphatic rings. The maximum atomic E-state index is 13.4. The molecule has 0 bridgehead atoms. The fourth-order valence-corrected chi connectivity index (χ4v) is 3.25. The van der Waals surface area contributed by atoms with Gasteiger partial charge in [-0.05, 0) is 55.5 Å². The number of carbonyl (C=O) groups excluding carboxylic acids is 3. The maximum absolute atomic E-state index is 13.4. The van der Waals surface area contributed by atoms with Crippen molar-refractivity contribution in [3.63, 3.8) is 0 Å². The fraction of sp³-hybridized carbons (Fsp3) is 0.217. The van der Waals surface area contributed by atoms with Crippen LogP contribution in [0.15, 0.2) is 60.8 Å². The number of anilines is 2. The predicted octanol–water partition coefficient (Wildman–Crippen LogP) is 3.45. The molecule has 3 aromatic rings. The number of rotatable bonds is 6. The van der Waals surface area contributed by atoms with Crippen molar-refractivity contribution in [2.75, 3.05) is 24.4 Å². The molecular weight excluding hydrogens is 467 g/mol. The van der Waals surface area contributed by atoms with Crippen molar-refractivity contribution < 1.29 is 32.3 Å². The molecule has 184 valence electrons. The Balaban J connectivity index is 2.02. The van der Waals surface area contributed by atoms with Crippen molar-refractivity contribution in [3.8, 4) is 5.69 Å². The fourth-order valence-electron chi connectivity index (χ4n) is 3.25. The zero-order valence-corrected chi connectivity index (χ0v) is 18.8. The lowest BCUT2D eigenvalue weighted by atomic mass is 10.2. The van der Waals surface area contributed by atoms with E-state index in [-0.39, 0.29) is 18.0 Å². The number of carbonyl (C=O) groups is 3.